The predicted molar refractivity (Wildman–Crippen MR) is 143 cm³/mol. The highest BCUT2D eigenvalue weighted by Gasteiger charge is 2.26. The number of anilines is 1. The van der Waals surface area contributed by atoms with Crippen LogP contribution in [0.5, 0.6) is 0 Å². The Hall–Kier alpha value is -4.73. The molecule has 4 aromatic rings. The predicted octanol–water partition coefficient (Wildman–Crippen LogP) is 2.81. The number of methoxy groups -OCH3 is 1. The Morgan fingerprint density at radius 2 is 1.92 bits per heavy atom. The zero-order valence-electron chi connectivity index (χ0n) is 21.9. The number of rotatable bonds is 11. The minimum atomic E-state index is -0.881. The number of ether oxygens (including phenoxy) is 1. The number of aliphatic carboxylic acids is 1. The molecule has 4 N–H and O–H groups in total. The molecule has 12 heteroatoms. The van der Waals surface area contributed by atoms with Crippen LogP contribution < -0.4 is 11.1 Å². The van der Waals surface area contributed by atoms with Crippen LogP contribution in [0.25, 0.3) is 22.6 Å². The molecule has 0 radical (unpaired) electrons. The van der Waals surface area contributed by atoms with Gasteiger partial charge >= 0.3 is 5.97 Å². The van der Waals surface area contributed by atoms with E-state index in [0.29, 0.717) is 40.6 Å². The lowest BCUT2D eigenvalue weighted by molar-refractivity contribution is -0.138. The van der Waals surface area contributed by atoms with Gasteiger partial charge in [-0.05, 0) is 30.3 Å². The van der Waals surface area contributed by atoms with Gasteiger partial charge in [0, 0.05) is 23.8 Å². The van der Waals surface area contributed by atoms with E-state index < -0.39 is 17.6 Å². The number of nitrogens with one attached hydrogen (secondary N) is 1. The van der Waals surface area contributed by atoms with Gasteiger partial charge in [0.2, 0.25) is 5.95 Å². The van der Waals surface area contributed by atoms with Gasteiger partial charge in [-0.1, -0.05) is 37.3 Å². The summed E-state index contributed by atoms with van der Waals surface area (Å²) in [6.07, 6.45) is 1.17. The van der Waals surface area contributed by atoms with Crippen LogP contribution in [0.3, 0.4) is 0 Å². The van der Waals surface area contributed by atoms with E-state index in [4.69, 9.17) is 10.5 Å². The molecule has 3 aromatic heterocycles. The van der Waals surface area contributed by atoms with Crippen molar-refractivity contribution in [2.45, 2.75) is 38.4 Å². The smallest absolute Gasteiger partial charge is 0.304 e. The van der Waals surface area contributed by atoms with Crippen molar-refractivity contribution in [1.29, 1.82) is 5.26 Å². The van der Waals surface area contributed by atoms with Crippen molar-refractivity contribution in [2.24, 2.45) is 5.73 Å². The molecule has 1 atom stereocenters. The molecule has 0 saturated carbocycles. The maximum Gasteiger partial charge on any atom is 0.304 e. The fraction of sp³-hybridized carbons (Fsp3) is 0.296. The fourth-order valence-corrected chi connectivity index (χ4v) is 4.00. The molecule has 3 heterocycles. The molecule has 0 spiro atoms. The van der Waals surface area contributed by atoms with E-state index in [0.717, 1.165) is 5.56 Å². The monoisotopic (exact) mass is 527 g/mol. The van der Waals surface area contributed by atoms with Crippen LogP contribution in [0.2, 0.25) is 0 Å². The second-order valence-corrected chi connectivity index (χ2v) is 9.63. The number of aromatic nitrogens is 6. The van der Waals surface area contributed by atoms with Crippen LogP contribution >= 0.6 is 0 Å². The maximum atomic E-state index is 11.3. The molecule has 200 valence electrons. The SMILES string of the molecule is COC[C@@H](N)Nc1nc(-c2cccc(C#N)c2)cc(-c2cn(Cc3cccc(C(C)(C)CC(=O)O)n3)nn2)n1. The summed E-state index contributed by atoms with van der Waals surface area (Å²) >= 11 is 0. The number of carboxylic acids is 1. The first-order valence-electron chi connectivity index (χ1n) is 12.2. The third-order valence-corrected chi connectivity index (χ3v) is 5.89. The summed E-state index contributed by atoms with van der Waals surface area (Å²) in [7, 11) is 1.55. The van der Waals surface area contributed by atoms with Gasteiger partial charge in [0.25, 0.3) is 0 Å². The Labute approximate surface area is 225 Å². The summed E-state index contributed by atoms with van der Waals surface area (Å²) in [6.45, 7) is 4.28. The van der Waals surface area contributed by atoms with E-state index >= 15 is 0 Å². The Morgan fingerprint density at radius 1 is 1.15 bits per heavy atom. The number of hydrogen-bond donors (Lipinski definition) is 3. The highest BCUT2D eigenvalue weighted by Crippen LogP contribution is 2.27. The maximum absolute atomic E-state index is 11.3. The summed E-state index contributed by atoms with van der Waals surface area (Å²) in [4.78, 5) is 25.1. The average Bonchev–Trinajstić information content (AvgIpc) is 3.36. The zero-order valence-corrected chi connectivity index (χ0v) is 21.9. The van der Waals surface area contributed by atoms with E-state index in [2.05, 4.69) is 36.7 Å². The third kappa shape index (κ3) is 6.98. The molecular formula is C27H29N9O3. The van der Waals surface area contributed by atoms with Gasteiger partial charge in [0.1, 0.15) is 11.9 Å². The van der Waals surface area contributed by atoms with E-state index in [1.165, 1.54) is 0 Å². The van der Waals surface area contributed by atoms with Crippen LogP contribution in [0.1, 0.15) is 37.2 Å². The van der Waals surface area contributed by atoms with Gasteiger partial charge in [-0.2, -0.15) is 5.26 Å². The van der Waals surface area contributed by atoms with Crippen LogP contribution in [0, 0.1) is 11.3 Å². The lowest BCUT2D eigenvalue weighted by Gasteiger charge is -2.22. The highest BCUT2D eigenvalue weighted by atomic mass is 16.5. The van der Waals surface area contributed by atoms with Crippen molar-refractivity contribution in [3.05, 3.63) is 71.7 Å². The molecule has 1 aromatic carbocycles. The summed E-state index contributed by atoms with van der Waals surface area (Å²) < 4.78 is 6.74. The number of nitriles is 1. The van der Waals surface area contributed by atoms with Crippen molar-refractivity contribution in [2.75, 3.05) is 19.0 Å². The minimum Gasteiger partial charge on any atom is -0.481 e. The second-order valence-electron chi connectivity index (χ2n) is 9.63. The van der Waals surface area contributed by atoms with Crippen molar-refractivity contribution in [3.63, 3.8) is 0 Å². The lowest BCUT2D eigenvalue weighted by atomic mass is 9.85. The standard InChI is InChI=1S/C27H29N9O3/c1-27(2,12-25(37)38)23-9-5-8-19(30-23)14-36-15-22(34-35-36)21-11-20(18-7-4-6-17(10-18)13-28)31-26(32-21)33-24(29)16-39-3/h4-11,15,24H,12,14,16,29H2,1-3H3,(H,37,38)(H,31,32,33)/t24-/m0/s1. The second kappa shape index (κ2) is 11.8. The number of nitrogens with two attached hydrogens (primary N) is 1. The number of pyridine rings is 1. The van der Waals surface area contributed by atoms with E-state index in [9.17, 15) is 15.2 Å². The van der Waals surface area contributed by atoms with Gasteiger partial charge in [-0.25, -0.2) is 14.6 Å². The number of hydrogen-bond acceptors (Lipinski definition) is 10. The van der Waals surface area contributed by atoms with Gasteiger partial charge in [-0.15, -0.1) is 5.10 Å². The Bertz CT molecular complexity index is 1510. The average molecular weight is 528 g/mol. The normalized spacial score (nSPS) is 12.1. The highest BCUT2D eigenvalue weighted by molar-refractivity contribution is 5.69. The molecule has 0 unspecified atom stereocenters. The quantitative estimate of drug-likeness (QED) is 0.244. The van der Waals surface area contributed by atoms with Crippen LogP contribution in [-0.4, -0.2) is 60.9 Å². The van der Waals surface area contributed by atoms with Crippen molar-refractivity contribution < 1.29 is 14.6 Å². The number of benzene rings is 1. The summed E-state index contributed by atoms with van der Waals surface area (Å²) in [6, 6.07) is 16.5. The van der Waals surface area contributed by atoms with Crippen LogP contribution in [0.4, 0.5) is 5.95 Å². The zero-order chi connectivity index (χ0) is 28.0. The Balaban J connectivity index is 1.64. The van der Waals surface area contributed by atoms with Crippen molar-refractivity contribution >= 4 is 11.9 Å². The molecule has 0 aliphatic carbocycles. The van der Waals surface area contributed by atoms with Crippen molar-refractivity contribution in [3.8, 4) is 28.7 Å². The van der Waals surface area contributed by atoms with Gasteiger partial charge < -0.3 is 20.9 Å². The molecule has 39 heavy (non-hydrogen) atoms. The molecule has 0 bridgehead atoms. The Kier molecular flexibility index (Phi) is 8.24. The van der Waals surface area contributed by atoms with Gasteiger partial charge in [0.15, 0.2) is 0 Å². The summed E-state index contributed by atoms with van der Waals surface area (Å²) in [5.74, 6) is -0.604. The minimum absolute atomic E-state index is 0.0331. The molecule has 0 amide bonds. The first-order chi connectivity index (χ1) is 18.7. The molecule has 0 fully saturated rings. The molecule has 0 aliphatic heterocycles. The third-order valence-electron chi connectivity index (χ3n) is 5.89. The largest absolute Gasteiger partial charge is 0.481 e. The number of nitrogens with zero attached hydrogens (tertiary/aromatic N) is 7. The van der Waals surface area contributed by atoms with E-state index in [-0.39, 0.29) is 19.0 Å². The van der Waals surface area contributed by atoms with E-state index in [1.54, 1.807) is 42.3 Å². The molecule has 12 nitrogen and oxygen atoms in total. The molecule has 4 rings (SSSR count). The molecular weight excluding hydrogens is 498 g/mol. The first kappa shape index (κ1) is 27.3. The lowest BCUT2D eigenvalue weighted by Crippen LogP contribution is -2.34. The number of carboxylic acid groups (broad SMARTS) is 1. The van der Waals surface area contributed by atoms with Crippen LogP contribution in [-0.2, 0) is 21.5 Å². The number of carbonyl (C=O) groups is 1. The fourth-order valence-electron chi connectivity index (χ4n) is 4.00. The Morgan fingerprint density at radius 3 is 2.67 bits per heavy atom. The van der Waals surface area contributed by atoms with Gasteiger partial charge in [-0.3, -0.25) is 9.78 Å². The van der Waals surface area contributed by atoms with E-state index in [1.807, 2.05) is 38.1 Å². The summed E-state index contributed by atoms with van der Waals surface area (Å²) in [5.41, 5.74) is 9.67. The summed E-state index contributed by atoms with van der Waals surface area (Å²) in [5, 5.41) is 30.1. The van der Waals surface area contributed by atoms with Crippen LogP contribution in [0.15, 0.2) is 54.7 Å². The topological polar surface area (TPSA) is 178 Å². The molecule has 0 saturated heterocycles. The van der Waals surface area contributed by atoms with Gasteiger partial charge in [0.05, 0.1) is 54.5 Å². The molecule has 0 aliphatic rings. The van der Waals surface area contributed by atoms with Crippen molar-refractivity contribution in [1.82, 2.24) is 29.9 Å². The first-order valence-corrected chi connectivity index (χ1v) is 12.2.